The second kappa shape index (κ2) is 14.9. The Morgan fingerprint density at radius 2 is 1.84 bits per heavy atom. The third-order valence-corrected chi connectivity index (χ3v) is 8.99. The number of fused-ring (bicyclic) bond motifs is 1. The van der Waals surface area contributed by atoms with Gasteiger partial charge in [0, 0.05) is 24.8 Å². The third-order valence-electron chi connectivity index (χ3n) is 8.99. The lowest BCUT2D eigenvalue weighted by Gasteiger charge is -2.54. The number of nitrogens with one attached hydrogen (secondary N) is 1. The van der Waals surface area contributed by atoms with Crippen molar-refractivity contribution in [1.82, 2.24) is 5.32 Å². The molecule has 1 amide bonds. The number of rotatable bonds is 13. The van der Waals surface area contributed by atoms with Crippen LogP contribution in [0.1, 0.15) is 72.6 Å². The van der Waals surface area contributed by atoms with Crippen LogP contribution in [0.15, 0.2) is 36.5 Å². The highest BCUT2D eigenvalue weighted by molar-refractivity contribution is 5.82. The number of carbonyl (C=O) groups is 2. The topological polar surface area (TPSA) is 164 Å². The first-order valence-corrected chi connectivity index (χ1v) is 15.1. The van der Waals surface area contributed by atoms with E-state index in [1.54, 1.807) is 13.0 Å². The number of carbonyl (C=O) groups excluding carboxylic acids is 1. The molecule has 3 rings (SSSR count). The molecule has 9 atom stereocenters. The van der Waals surface area contributed by atoms with E-state index in [0.717, 1.165) is 25.3 Å². The lowest BCUT2D eigenvalue weighted by atomic mass is 9.71. The van der Waals surface area contributed by atoms with Gasteiger partial charge in [-0.1, -0.05) is 64.0 Å². The Bertz CT molecular complexity index is 1080. The number of aliphatic hydroxyl groups excluding tert-OH is 2. The van der Waals surface area contributed by atoms with Crippen molar-refractivity contribution in [2.24, 2.45) is 11.3 Å². The van der Waals surface area contributed by atoms with Crippen LogP contribution in [0.25, 0.3) is 0 Å². The largest absolute Gasteiger partial charge is 0.478 e. The summed E-state index contributed by atoms with van der Waals surface area (Å²) in [5.41, 5.74) is -1.16. The summed E-state index contributed by atoms with van der Waals surface area (Å²) in [6.07, 6.45) is -0.386. The number of aliphatic carboxylic acids is 1. The summed E-state index contributed by atoms with van der Waals surface area (Å²) in [6.45, 7) is 9.52. The maximum Gasteiger partial charge on any atom is 0.328 e. The summed E-state index contributed by atoms with van der Waals surface area (Å²) < 4.78 is 54.1. The van der Waals surface area contributed by atoms with Crippen LogP contribution in [0, 0.1) is 11.3 Å². The van der Waals surface area contributed by atoms with Gasteiger partial charge in [-0.25, -0.2) is 13.6 Å². The fourth-order valence-electron chi connectivity index (χ4n) is 5.77. The molecule has 0 aliphatic carbocycles. The molecule has 0 aromatic rings. The Labute approximate surface area is 256 Å². The molecular weight excluding hydrogens is 584 g/mol. The molecule has 5 N–H and O–H groups in total. The summed E-state index contributed by atoms with van der Waals surface area (Å²) >= 11 is 0. The molecular formula is C31H47F2NO10. The maximum atomic E-state index is 15.9. The van der Waals surface area contributed by atoms with Crippen LogP contribution in [0.2, 0.25) is 0 Å². The lowest BCUT2D eigenvalue weighted by molar-refractivity contribution is -0.372. The zero-order chi connectivity index (χ0) is 32.9. The minimum atomic E-state index is -3.44. The van der Waals surface area contributed by atoms with E-state index >= 15 is 8.78 Å². The van der Waals surface area contributed by atoms with Gasteiger partial charge in [-0.05, 0) is 26.2 Å². The quantitative estimate of drug-likeness (QED) is 0.0883. The molecule has 0 aromatic heterocycles. The van der Waals surface area contributed by atoms with Crippen LogP contribution in [0.4, 0.5) is 8.78 Å². The first-order chi connectivity index (χ1) is 20.5. The van der Waals surface area contributed by atoms with Gasteiger partial charge in [0.25, 0.3) is 11.8 Å². The number of amides is 1. The number of allylic oxidation sites excluding steroid dienone is 3. The number of halogens is 2. The molecule has 0 spiro atoms. The van der Waals surface area contributed by atoms with Crippen LogP contribution in [0.3, 0.4) is 0 Å². The predicted molar refractivity (Wildman–Crippen MR) is 154 cm³/mol. The minimum absolute atomic E-state index is 0.0965. The van der Waals surface area contributed by atoms with E-state index in [4.69, 9.17) is 24.1 Å². The van der Waals surface area contributed by atoms with Gasteiger partial charge >= 0.3 is 5.97 Å². The van der Waals surface area contributed by atoms with Crippen molar-refractivity contribution >= 4 is 11.9 Å². The molecule has 13 heteroatoms. The first kappa shape index (κ1) is 36.2. The van der Waals surface area contributed by atoms with E-state index < -0.39 is 78.6 Å². The number of carboxylic acids is 1. The number of hydrogen-bond acceptors (Lipinski definition) is 9. The summed E-state index contributed by atoms with van der Waals surface area (Å²) in [7, 11) is 0. The van der Waals surface area contributed by atoms with Crippen molar-refractivity contribution in [3.05, 3.63) is 36.5 Å². The highest BCUT2D eigenvalue weighted by Crippen LogP contribution is 2.52. The standard InChI is InChI=1S/C31H47F2NO10/c1-18-16-30(40,44-20(3)19(18)2)25(38)27(39)34-28-24-26(41-17-42-28)31(32,33)29(4,5)22(43-24)15-21(35)13-11-9-7-6-8-10-12-14-23(36)37/h8,10,12,14,19-22,24-26,28,35,38,40H,1,6-7,9,11,13,15-17H2,2-5H3,(H,34,39)(H,36,37)/b10-8+,14-12+/t19-,20-,21?,22?,24+,25?,26+,28?,30-/m1/s1. The Balaban J connectivity index is 1.60. The van der Waals surface area contributed by atoms with Gasteiger partial charge in [-0.15, -0.1) is 0 Å². The van der Waals surface area contributed by atoms with E-state index in [2.05, 4.69) is 11.9 Å². The number of ether oxygens (including phenoxy) is 4. The molecule has 3 saturated heterocycles. The highest BCUT2D eigenvalue weighted by atomic mass is 19.3. The van der Waals surface area contributed by atoms with Crippen molar-refractivity contribution in [2.45, 2.75) is 127 Å². The summed E-state index contributed by atoms with van der Waals surface area (Å²) in [4.78, 5) is 23.5. The number of hydrogen-bond donors (Lipinski definition) is 5. The van der Waals surface area contributed by atoms with Crippen molar-refractivity contribution in [3.8, 4) is 0 Å². The van der Waals surface area contributed by atoms with Gasteiger partial charge in [-0.2, -0.15) is 0 Å². The number of alkyl halides is 2. The first-order valence-electron chi connectivity index (χ1n) is 15.1. The zero-order valence-electron chi connectivity index (χ0n) is 25.8. The number of aliphatic hydroxyl groups is 3. The van der Waals surface area contributed by atoms with Gasteiger partial charge in [0.1, 0.15) is 12.9 Å². The SMILES string of the molecule is C=C1C[C@](O)(C(O)C(=O)NC2OCO[C@H]3[C@@H]2OC(CC(O)CCCCC/C=C/C=C/C(=O)O)C(C)(C)C3(F)F)O[C@H](C)[C@@H]1C. The normalized spacial score (nSPS) is 34.9. The predicted octanol–water partition coefficient (Wildman–Crippen LogP) is 3.18. The summed E-state index contributed by atoms with van der Waals surface area (Å²) in [5, 5.41) is 43.3. The zero-order valence-corrected chi connectivity index (χ0v) is 25.8. The summed E-state index contributed by atoms with van der Waals surface area (Å²) in [5.74, 6) is -7.95. The summed E-state index contributed by atoms with van der Waals surface area (Å²) in [6, 6.07) is 0. The minimum Gasteiger partial charge on any atom is -0.478 e. The second-order valence-corrected chi connectivity index (χ2v) is 12.6. The molecule has 11 nitrogen and oxygen atoms in total. The fraction of sp³-hybridized carbons (Fsp3) is 0.742. The molecule has 250 valence electrons. The van der Waals surface area contributed by atoms with Gasteiger partial charge in [-0.3, -0.25) is 4.79 Å². The Morgan fingerprint density at radius 3 is 2.50 bits per heavy atom. The smallest absolute Gasteiger partial charge is 0.328 e. The van der Waals surface area contributed by atoms with Crippen LogP contribution in [-0.4, -0.2) is 93.7 Å². The Morgan fingerprint density at radius 1 is 1.14 bits per heavy atom. The monoisotopic (exact) mass is 631 g/mol. The fourth-order valence-corrected chi connectivity index (χ4v) is 5.77. The molecule has 0 aromatic carbocycles. The van der Waals surface area contributed by atoms with Crippen molar-refractivity contribution in [2.75, 3.05) is 6.79 Å². The van der Waals surface area contributed by atoms with Crippen LogP contribution < -0.4 is 5.32 Å². The van der Waals surface area contributed by atoms with Crippen molar-refractivity contribution in [1.29, 1.82) is 0 Å². The van der Waals surface area contributed by atoms with Gasteiger partial charge in [0.15, 0.2) is 18.4 Å². The van der Waals surface area contributed by atoms with Crippen molar-refractivity contribution in [3.63, 3.8) is 0 Å². The van der Waals surface area contributed by atoms with E-state index in [9.17, 15) is 24.9 Å². The van der Waals surface area contributed by atoms with Crippen molar-refractivity contribution < 1.29 is 57.7 Å². The molecule has 44 heavy (non-hydrogen) atoms. The molecule has 0 radical (unpaired) electrons. The Hall–Kier alpha value is -2.26. The van der Waals surface area contributed by atoms with E-state index in [0.29, 0.717) is 18.4 Å². The number of unbranched alkanes of at least 4 members (excludes halogenated alkanes) is 3. The Kier molecular flexibility index (Phi) is 12.3. The lowest BCUT2D eigenvalue weighted by Crippen LogP contribution is -2.71. The average Bonchev–Trinajstić information content (AvgIpc) is 2.93. The number of carboxylic acid groups (broad SMARTS) is 1. The van der Waals surface area contributed by atoms with Crippen LogP contribution in [0.5, 0.6) is 0 Å². The average molecular weight is 632 g/mol. The molecule has 3 heterocycles. The van der Waals surface area contributed by atoms with E-state index in [1.165, 1.54) is 19.9 Å². The molecule has 4 unspecified atom stereocenters. The van der Waals surface area contributed by atoms with E-state index in [1.807, 2.05) is 13.0 Å². The van der Waals surface area contributed by atoms with Gasteiger partial charge in [0.05, 0.1) is 23.7 Å². The van der Waals surface area contributed by atoms with Crippen LogP contribution >= 0.6 is 0 Å². The molecule has 0 bridgehead atoms. The van der Waals surface area contributed by atoms with Crippen LogP contribution in [-0.2, 0) is 28.5 Å². The second-order valence-electron chi connectivity index (χ2n) is 12.6. The molecule has 3 fully saturated rings. The molecule has 3 aliphatic heterocycles. The molecule has 3 aliphatic rings. The van der Waals surface area contributed by atoms with E-state index in [-0.39, 0.29) is 18.8 Å². The maximum absolute atomic E-state index is 15.9. The third kappa shape index (κ3) is 8.31. The van der Waals surface area contributed by atoms with Gasteiger partial charge < -0.3 is 44.7 Å². The molecule has 0 saturated carbocycles. The highest BCUT2D eigenvalue weighted by Gasteiger charge is 2.66. The van der Waals surface area contributed by atoms with Gasteiger partial charge in [0.2, 0.25) is 5.79 Å².